The second-order valence-electron chi connectivity index (χ2n) is 7.92. The van der Waals surface area contributed by atoms with Crippen molar-refractivity contribution < 1.29 is 29.3 Å². The number of hydrogen-bond acceptors (Lipinski definition) is 4. The topological polar surface area (TPSA) is 113 Å². The number of carbonyl (C=O) groups excluding carboxylic acids is 1. The van der Waals surface area contributed by atoms with Gasteiger partial charge in [-0.05, 0) is 52.2 Å². The number of carboxylic acids is 2. The smallest absolute Gasteiger partial charge is 0.408 e. The molecule has 1 aromatic carbocycles. The number of aliphatic carboxylic acids is 2. The third kappa shape index (κ3) is 7.13. The Labute approximate surface area is 153 Å². The van der Waals surface area contributed by atoms with Gasteiger partial charge in [0.15, 0.2) is 0 Å². The van der Waals surface area contributed by atoms with Crippen molar-refractivity contribution in [3.05, 3.63) is 35.4 Å². The third-order valence-corrected chi connectivity index (χ3v) is 3.68. The third-order valence-electron chi connectivity index (χ3n) is 3.68. The van der Waals surface area contributed by atoms with Crippen LogP contribution in [0.2, 0.25) is 0 Å². The van der Waals surface area contributed by atoms with E-state index in [1.807, 2.05) is 0 Å². The molecule has 144 valence electrons. The highest BCUT2D eigenvalue weighted by atomic mass is 16.6. The summed E-state index contributed by atoms with van der Waals surface area (Å²) >= 11 is 0. The molecule has 26 heavy (non-hydrogen) atoms. The molecule has 0 aliphatic heterocycles. The standard InChI is InChI=1S/C19H27NO6/c1-18(2,3)26-17(25)20-14(15(21)22)10-12-6-8-13(9-7-12)11-19(4,5)16(23)24/h6-9,14H,10-11H2,1-5H3,(H,20,25)(H,21,22)(H,23,24)/t14-/m0/s1. The van der Waals surface area contributed by atoms with Crippen LogP contribution in [-0.2, 0) is 27.2 Å². The van der Waals surface area contributed by atoms with Crippen LogP contribution < -0.4 is 5.32 Å². The highest BCUT2D eigenvalue weighted by Gasteiger charge is 2.27. The van der Waals surface area contributed by atoms with Crippen LogP contribution in [0, 0.1) is 5.41 Å². The molecule has 0 aliphatic rings. The molecule has 3 N–H and O–H groups in total. The second-order valence-corrected chi connectivity index (χ2v) is 7.92. The van der Waals surface area contributed by atoms with Gasteiger partial charge in [0, 0.05) is 6.42 Å². The Morgan fingerprint density at radius 2 is 1.50 bits per heavy atom. The van der Waals surface area contributed by atoms with Crippen LogP contribution in [0.5, 0.6) is 0 Å². The molecule has 0 saturated carbocycles. The number of carbonyl (C=O) groups is 3. The lowest BCUT2D eigenvalue weighted by Gasteiger charge is -2.22. The zero-order valence-corrected chi connectivity index (χ0v) is 15.8. The van der Waals surface area contributed by atoms with Crippen LogP contribution in [0.15, 0.2) is 24.3 Å². The highest BCUT2D eigenvalue weighted by Crippen LogP contribution is 2.22. The molecule has 0 radical (unpaired) electrons. The molecule has 0 aliphatic carbocycles. The first-order valence-corrected chi connectivity index (χ1v) is 8.34. The van der Waals surface area contributed by atoms with E-state index in [0.717, 1.165) is 5.56 Å². The molecule has 0 bridgehead atoms. The lowest BCUT2D eigenvalue weighted by molar-refractivity contribution is -0.146. The van der Waals surface area contributed by atoms with E-state index >= 15 is 0 Å². The Kier molecular flexibility index (Phi) is 6.78. The van der Waals surface area contributed by atoms with Crippen LogP contribution in [0.4, 0.5) is 4.79 Å². The van der Waals surface area contributed by atoms with Gasteiger partial charge in [0.1, 0.15) is 11.6 Å². The molecule has 0 unspecified atom stereocenters. The van der Waals surface area contributed by atoms with E-state index in [1.54, 1.807) is 58.9 Å². The number of amides is 1. The van der Waals surface area contributed by atoms with Crippen molar-refractivity contribution in [3.63, 3.8) is 0 Å². The maximum atomic E-state index is 11.8. The normalized spacial score (nSPS) is 13.0. The first-order valence-electron chi connectivity index (χ1n) is 8.34. The van der Waals surface area contributed by atoms with Crippen LogP contribution >= 0.6 is 0 Å². The molecule has 7 heteroatoms. The summed E-state index contributed by atoms with van der Waals surface area (Å²) in [5.41, 5.74) is -0.0479. The summed E-state index contributed by atoms with van der Waals surface area (Å²) in [6.07, 6.45) is -0.331. The summed E-state index contributed by atoms with van der Waals surface area (Å²) in [5, 5.41) is 20.8. The first-order chi connectivity index (χ1) is 11.8. The van der Waals surface area contributed by atoms with Crippen molar-refractivity contribution in [1.29, 1.82) is 0 Å². The summed E-state index contributed by atoms with van der Waals surface area (Å²) in [6.45, 7) is 8.38. The van der Waals surface area contributed by atoms with E-state index < -0.39 is 35.1 Å². The van der Waals surface area contributed by atoms with E-state index in [9.17, 15) is 24.6 Å². The molecule has 1 amide bonds. The number of ether oxygens (including phenoxy) is 1. The molecule has 7 nitrogen and oxygen atoms in total. The minimum atomic E-state index is -1.16. The summed E-state index contributed by atoms with van der Waals surface area (Å²) in [7, 11) is 0. The van der Waals surface area contributed by atoms with E-state index in [0.29, 0.717) is 12.0 Å². The van der Waals surface area contributed by atoms with Crippen molar-refractivity contribution in [2.75, 3.05) is 0 Å². The lowest BCUT2D eigenvalue weighted by Crippen LogP contribution is -2.44. The van der Waals surface area contributed by atoms with Gasteiger partial charge in [-0.2, -0.15) is 0 Å². The van der Waals surface area contributed by atoms with Crippen molar-refractivity contribution in [1.82, 2.24) is 5.32 Å². The molecule has 1 atom stereocenters. The average molecular weight is 365 g/mol. The molecule has 0 spiro atoms. The monoisotopic (exact) mass is 365 g/mol. The van der Waals surface area contributed by atoms with Crippen molar-refractivity contribution in [2.24, 2.45) is 5.41 Å². The van der Waals surface area contributed by atoms with Gasteiger partial charge in [-0.1, -0.05) is 24.3 Å². The molecule has 0 saturated heterocycles. The largest absolute Gasteiger partial charge is 0.481 e. The van der Waals surface area contributed by atoms with Crippen LogP contribution in [0.3, 0.4) is 0 Å². The number of alkyl carbamates (subject to hydrolysis) is 1. The number of hydrogen-bond donors (Lipinski definition) is 3. The van der Waals surface area contributed by atoms with E-state index in [2.05, 4.69) is 5.32 Å². The zero-order valence-electron chi connectivity index (χ0n) is 15.8. The van der Waals surface area contributed by atoms with Crippen molar-refractivity contribution in [3.8, 4) is 0 Å². The van der Waals surface area contributed by atoms with E-state index in [-0.39, 0.29) is 6.42 Å². The fraction of sp³-hybridized carbons (Fsp3) is 0.526. The molecular formula is C19H27NO6. The summed E-state index contributed by atoms with van der Waals surface area (Å²) in [4.78, 5) is 34.4. The number of nitrogens with one attached hydrogen (secondary N) is 1. The van der Waals surface area contributed by atoms with Crippen LogP contribution in [-0.4, -0.2) is 39.9 Å². The van der Waals surface area contributed by atoms with Gasteiger partial charge in [-0.3, -0.25) is 4.79 Å². The fourth-order valence-corrected chi connectivity index (χ4v) is 2.26. The van der Waals surface area contributed by atoms with Gasteiger partial charge >= 0.3 is 18.0 Å². The van der Waals surface area contributed by atoms with Crippen molar-refractivity contribution in [2.45, 2.75) is 59.1 Å². The number of carboxylic acid groups (broad SMARTS) is 2. The molecule has 1 rings (SSSR count). The predicted octanol–water partition coefficient (Wildman–Crippen LogP) is 2.86. The molecule has 0 aromatic heterocycles. The fourth-order valence-electron chi connectivity index (χ4n) is 2.26. The summed E-state index contributed by atoms with van der Waals surface area (Å²) < 4.78 is 5.08. The molecule has 0 heterocycles. The minimum Gasteiger partial charge on any atom is -0.481 e. The van der Waals surface area contributed by atoms with Gasteiger partial charge in [0.05, 0.1) is 5.41 Å². The molecular weight excluding hydrogens is 338 g/mol. The Morgan fingerprint density at radius 3 is 1.92 bits per heavy atom. The van der Waals surface area contributed by atoms with E-state index in [1.165, 1.54) is 0 Å². The number of benzene rings is 1. The SMILES string of the molecule is CC(C)(C)OC(=O)N[C@@H](Cc1ccc(CC(C)(C)C(=O)O)cc1)C(=O)O. The van der Waals surface area contributed by atoms with E-state index in [4.69, 9.17) is 4.74 Å². The minimum absolute atomic E-state index is 0.0944. The first kappa shape index (κ1) is 21.5. The Hall–Kier alpha value is -2.57. The van der Waals surface area contributed by atoms with Gasteiger partial charge in [0.2, 0.25) is 0 Å². The van der Waals surface area contributed by atoms with Gasteiger partial charge in [-0.25, -0.2) is 9.59 Å². The van der Waals surface area contributed by atoms with Gasteiger partial charge in [-0.15, -0.1) is 0 Å². The predicted molar refractivity (Wildman–Crippen MR) is 96.1 cm³/mol. The maximum Gasteiger partial charge on any atom is 0.408 e. The van der Waals surface area contributed by atoms with Crippen molar-refractivity contribution >= 4 is 18.0 Å². The molecule has 1 aromatic rings. The summed E-state index contributed by atoms with van der Waals surface area (Å²) in [5.74, 6) is -2.04. The highest BCUT2D eigenvalue weighted by molar-refractivity contribution is 5.80. The second kappa shape index (κ2) is 8.21. The van der Waals surface area contributed by atoms with Gasteiger partial charge in [0.25, 0.3) is 0 Å². The van der Waals surface area contributed by atoms with Crippen LogP contribution in [0.25, 0.3) is 0 Å². The number of rotatable bonds is 7. The van der Waals surface area contributed by atoms with Gasteiger partial charge < -0.3 is 20.3 Å². The average Bonchev–Trinajstić information content (AvgIpc) is 2.46. The molecule has 0 fully saturated rings. The maximum absolute atomic E-state index is 11.8. The Morgan fingerprint density at radius 1 is 1.00 bits per heavy atom. The summed E-state index contributed by atoms with van der Waals surface area (Å²) in [6, 6.07) is 5.89. The Balaban J connectivity index is 2.77. The quantitative estimate of drug-likeness (QED) is 0.685. The zero-order chi connectivity index (χ0) is 20.1. The lowest BCUT2D eigenvalue weighted by atomic mass is 9.85. The Bertz CT molecular complexity index is 658. The van der Waals surface area contributed by atoms with Crippen LogP contribution in [0.1, 0.15) is 45.7 Å².